The molecular weight excluding hydrogens is 402 g/mol. The first kappa shape index (κ1) is 20.7. The van der Waals surface area contributed by atoms with E-state index in [1.165, 1.54) is 23.5 Å². The normalized spacial score (nSPS) is 18.8. The number of hydrogen-bond acceptors (Lipinski definition) is 7. The van der Waals surface area contributed by atoms with Crippen LogP contribution < -0.4 is 0 Å². The third kappa shape index (κ3) is 5.05. The van der Waals surface area contributed by atoms with E-state index in [4.69, 9.17) is 4.74 Å². The van der Waals surface area contributed by atoms with Gasteiger partial charge in [0.1, 0.15) is 5.60 Å². The molecule has 8 nitrogen and oxygen atoms in total. The number of non-ortho nitro benzene ring substituents is 1. The molecule has 0 saturated carbocycles. The van der Waals surface area contributed by atoms with Gasteiger partial charge < -0.3 is 9.64 Å². The lowest BCUT2D eigenvalue weighted by molar-refractivity contribution is -0.384. The van der Waals surface area contributed by atoms with Crippen LogP contribution in [0.25, 0.3) is 10.2 Å². The number of thiazole rings is 1. The molecule has 0 N–H and O–H groups in total. The van der Waals surface area contributed by atoms with Crippen LogP contribution in [0.2, 0.25) is 0 Å². The fraction of sp³-hybridized carbons (Fsp3) is 0.556. The molecule has 3 rings (SSSR count). The highest BCUT2D eigenvalue weighted by atomic mass is 32.2. The number of hydrogen-bond donors (Lipinski definition) is 0. The van der Waals surface area contributed by atoms with Crippen LogP contribution in [0.15, 0.2) is 22.5 Å². The standard InChI is InChI=1S/C18H23N3O5S2/c1-18(2,3)26-17(22)20-8-4-5-12(10-20)11-28(25)16-19-14-9-13(21(23)24)6-7-15(14)27-16/h6-7,9,12H,4-5,8,10-11H2,1-3H3/t12-,28+/m1/s1. The maximum atomic E-state index is 12.8. The summed E-state index contributed by atoms with van der Waals surface area (Å²) in [5.41, 5.74) is -0.0896. The Morgan fingerprint density at radius 2 is 2.21 bits per heavy atom. The van der Waals surface area contributed by atoms with Crippen LogP contribution in [0.1, 0.15) is 33.6 Å². The molecule has 1 fully saturated rings. The number of nitrogens with zero attached hydrogens (tertiary/aromatic N) is 3. The van der Waals surface area contributed by atoms with E-state index in [1.54, 1.807) is 11.0 Å². The predicted octanol–water partition coefficient (Wildman–Crippen LogP) is 3.96. The second-order valence-electron chi connectivity index (χ2n) is 7.84. The highest BCUT2D eigenvalue weighted by Gasteiger charge is 2.29. The van der Waals surface area contributed by atoms with Crippen LogP contribution in [-0.4, -0.2) is 49.6 Å². The van der Waals surface area contributed by atoms with Crippen molar-refractivity contribution < 1.29 is 18.7 Å². The molecule has 10 heteroatoms. The van der Waals surface area contributed by atoms with Crippen molar-refractivity contribution in [2.24, 2.45) is 5.92 Å². The van der Waals surface area contributed by atoms with E-state index in [-0.39, 0.29) is 17.7 Å². The number of carbonyl (C=O) groups excluding carboxylic acids is 1. The maximum Gasteiger partial charge on any atom is 0.410 e. The molecule has 152 valence electrons. The van der Waals surface area contributed by atoms with E-state index in [1.807, 2.05) is 20.8 Å². The smallest absolute Gasteiger partial charge is 0.410 e. The third-order valence-electron chi connectivity index (χ3n) is 4.31. The molecule has 1 aromatic carbocycles. The molecule has 0 bridgehead atoms. The van der Waals surface area contributed by atoms with Crippen LogP contribution in [0.5, 0.6) is 0 Å². The number of likely N-dealkylation sites (tertiary alicyclic amines) is 1. The van der Waals surface area contributed by atoms with Gasteiger partial charge in [0.15, 0.2) is 4.34 Å². The molecule has 2 atom stereocenters. The Balaban J connectivity index is 1.66. The molecule has 2 heterocycles. The first-order valence-corrected chi connectivity index (χ1v) is 11.2. The lowest BCUT2D eigenvalue weighted by Gasteiger charge is -2.33. The topological polar surface area (TPSA) is 103 Å². The van der Waals surface area contributed by atoms with Crippen molar-refractivity contribution in [2.45, 2.75) is 43.6 Å². The summed E-state index contributed by atoms with van der Waals surface area (Å²) in [5, 5.41) is 10.9. The van der Waals surface area contributed by atoms with Crippen LogP contribution in [0, 0.1) is 16.0 Å². The zero-order valence-corrected chi connectivity index (χ0v) is 17.7. The molecule has 2 aromatic rings. The van der Waals surface area contributed by atoms with Crippen LogP contribution in [0.3, 0.4) is 0 Å². The highest BCUT2D eigenvalue weighted by Crippen LogP contribution is 2.29. The molecule has 1 aliphatic heterocycles. The monoisotopic (exact) mass is 425 g/mol. The lowest BCUT2D eigenvalue weighted by atomic mass is 10.0. The van der Waals surface area contributed by atoms with Crippen LogP contribution >= 0.6 is 11.3 Å². The summed E-state index contributed by atoms with van der Waals surface area (Å²) in [6, 6.07) is 4.46. The van der Waals surface area contributed by atoms with Gasteiger partial charge in [-0.3, -0.25) is 14.3 Å². The molecule has 0 radical (unpaired) electrons. The average molecular weight is 426 g/mol. The zero-order valence-electron chi connectivity index (χ0n) is 16.0. The highest BCUT2D eigenvalue weighted by molar-refractivity contribution is 7.87. The summed E-state index contributed by atoms with van der Waals surface area (Å²) in [6.45, 7) is 6.65. The van der Waals surface area contributed by atoms with E-state index >= 15 is 0 Å². The second kappa shape index (κ2) is 8.12. The number of carbonyl (C=O) groups is 1. The van der Waals surface area contributed by atoms with Gasteiger partial charge >= 0.3 is 6.09 Å². The van der Waals surface area contributed by atoms with Crippen molar-refractivity contribution in [1.82, 2.24) is 9.88 Å². The summed E-state index contributed by atoms with van der Waals surface area (Å²) in [6.07, 6.45) is 1.39. The molecule has 0 unspecified atom stereocenters. The third-order valence-corrected chi connectivity index (χ3v) is 7.21. The van der Waals surface area contributed by atoms with Gasteiger partial charge in [-0.25, -0.2) is 9.78 Å². The van der Waals surface area contributed by atoms with Crippen molar-refractivity contribution in [3.8, 4) is 0 Å². The summed E-state index contributed by atoms with van der Waals surface area (Å²) in [5.74, 6) is 0.504. The van der Waals surface area contributed by atoms with Gasteiger partial charge in [0.25, 0.3) is 5.69 Å². The Labute approximate surface area is 169 Å². The summed E-state index contributed by atoms with van der Waals surface area (Å²) < 4.78 is 19.5. The largest absolute Gasteiger partial charge is 0.444 e. The SMILES string of the molecule is CC(C)(C)OC(=O)N1CCC[C@@H](C[S@](=O)c2nc3cc([N+](=O)[O-])ccc3s2)C1. The Kier molecular flexibility index (Phi) is 5.99. The van der Waals surface area contributed by atoms with E-state index in [0.717, 1.165) is 17.5 Å². The number of nitro groups is 1. The Morgan fingerprint density at radius 1 is 1.46 bits per heavy atom. The van der Waals surface area contributed by atoms with Crippen molar-refractivity contribution in [3.05, 3.63) is 28.3 Å². The minimum atomic E-state index is -1.32. The number of ether oxygens (including phenoxy) is 1. The summed E-state index contributed by atoms with van der Waals surface area (Å²) in [4.78, 5) is 28.7. The van der Waals surface area contributed by atoms with Crippen molar-refractivity contribution in [3.63, 3.8) is 0 Å². The number of piperidine rings is 1. The molecule has 1 amide bonds. The van der Waals surface area contributed by atoms with Gasteiger partial charge in [-0.05, 0) is 45.6 Å². The van der Waals surface area contributed by atoms with E-state index in [9.17, 15) is 19.1 Å². The predicted molar refractivity (Wildman–Crippen MR) is 108 cm³/mol. The number of aromatic nitrogens is 1. The number of nitro benzene ring substituents is 1. The van der Waals surface area contributed by atoms with E-state index in [0.29, 0.717) is 28.7 Å². The maximum absolute atomic E-state index is 12.8. The first-order valence-electron chi connectivity index (χ1n) is 9.03. The van der Waals surface area contributed by atoms with E-state index in [2.05, 4.69) is 4.98 Å². The second-order valence-corrected chi connectivity index (χ2v) is 10.5. The van der Waals surface area contributed by atoms with Crippen LogP contribution in [-0.2, 0) is 15.5 Å². The molecule has 28 heavy (non-hydrogen) atoms. The van der Waals surface area contributed by atoms with Gasteiger partial charge in [-0.15, -0.1) is 11.3 Å². The summed E-state index contributed by atoms with van der Waals surface area (Å²) in [7, 11) is -1.32. The van der Waals surface area contributed by atoms with Gasteiger partial charge in [0.2, 0.25) is 0 Å². The Bertz CT molecular complexity index is 922. The fourth-order valence-corrected chi connectivity index (χ4v) is 5.65. The number of amides is 1. The molecule has 1 aliphatic rings. The lowest BCUT2D eigenvalue weighted by Crippen LogP contribution is -2.43. The molecule has 1 saturated heterocycles. The molecular formula is C18H23N3O5S2. The molecule has 1 aromatic heterocycles. The molecule has 0 spiro atoms. The quantitative estimate of drug-likeness (QED) is 0.543. The number of rotatable bonds is 4. The minimum absolute atomic E-state index is 0.0320. The number of fused-ring (bicyclic) bond motifs is 1. The zero-order chi connectivity index (χ0) is 20.5. The van der Waals surface area contributed by atoms with Crippen molar-refractivity contribution in [1.29, 1.82) is 0 Å². The minimum Gasteiger partial charge on any atom is -0.444 e. The Morgan fingerprint density at radius 3 is 2.89 bits per heavy atom. The van der Waals surface area contributed by atoms with Crippen molar-refractivity contribution in [2.75, 3.05) is 18.8 Å². The van der Waals surface area contributed by atoms with E-state index < -0.39 is 21.3 Å². The van der Waals surface area contributed by atoms with Gasteiger partial charge in [0.05, 0.1) is 25.9 Å². The van der Waals surface area contributed by atoms with Gasteiger partial charge in [-0.1, -0.05) is 0 Å². The summed E-state index contributed by atoms with van der Waals surface area (Å²) >= 11 is 1.29. The average Bonchev–Trinajstić information content (AvgIpc) is 3.04. The van der Waals surface area contributed by atoms with Crippen LogP contribution in [0.4, 0.5) is 10.5 Å². The van der Waals surface area contributed by atoms with Gasteiger partial charge in [-0.2, -0.15) is 0 Å². The molecule has 0 aliphatic carbocycles. The fourth-order valence-electron chi connectivity index (χ4n) is 3.08. The number of benzene rings is 1. The Hall–Kier alpha value is -2.07. The van der Waals surface area contributed by atoms with Gasteiger partial charge in [0, 0.05) is 31.0 Å². The first-order chi connectivity index (χ1) is 13.1. The van der Waals surface area contributed by atoms with Crippen molar-refractivity contribution >= 4 is 44.1 Å².